The molecule has 18 heavy (non-hydrogen) atoms. The quantitative estimate of drug-likeness (QED) is 0.911. The molecule has 0 spiro atoms. The van der Waals surface area contributed by atoms with Gasteiger partial charge in [0.15, 0.2) is 11.6 Å². The van der Waals surface area contributed by atoms with Crippen LogP contribution in [0.4, 0.5) is 16.2 Å². The topological polar surface area (TPSA) is 49.8 Å². The maximum Gasteiger partial charge on any atom is 0.224 e. The Morgan fingerprint density at radius 1 is 1.39 bits per heavy atom. The highest BCUT2D eigenvalue weighted by molar-refractivity contribution is 9.10. The lowest BCUT2D eigenvalue weighted by molar-refractivity contribution is 0.617. The fourth-order valence-corrected chi connectivity index (χ4v) is 1.89. The Kier molecular flexibility index (Phi) is 4.09. The van der Waals surface area contributed by atoms with Crippen LogP contribution in [0.5, 0.6) is 0 Å². The van der Waals surface area contributed by atoms with Crippen LogP contribution >= 0.6 is 15.9 Å². The van der Waals surface area contributed by atoms with E-state index in [0.717, 1.165) is 16.2 Å². The monoisotopic (exact) mass is 310 g/mol. The molecule has 0 radical (unpaired) electrons. The van der Waals surface area contributed by atoms with Crippen LogP contribution in [-0.4, -0.2) is 17.0 Å². The van der Waals surface area contributed by atoms with Crippen molar-refractivity contribution in [2.75, 3.05) is 17.7 Å². The van der Waals surface area contributed by atoms with Crippen molar-refractivity contribution in [3.8, 4) is 0 Å². The zero-order chi connectivity index (χ0) is 13.0. The van der Waals surface area contributed by atoms with E-state index < -0.39 is 5.82 Å². The van der Waals surface area contributed by atoms with Crippen molar-refractivity contribution < 1.29 is 4.39 Å². The number of nitrogens with zero attached hydrogens (tertiary/aromatic N) is 2. The molecule has 0 aliphatic rings. The van der Waals surface area contributed by atoms with Crippen molar-refractivity contribution in [1.29, 1.82) is 0 Å². The number of nitrogens with one attached hydrogen (secondary N) is 2. The van der Waals surface area contributed by atoms with Gasteiger partial charge in [-0.2, -0.15) is 4.98 Å². The fraction of sp³-hybridized carbons (Fsp3) is 0.167. The zero-order valence-electron chi connectivity index (χ0n) is 9.74. The van der Waals surface area contributed by atoms with E-state index >= 15 is 0 Å². The highest BCUT2D eigenvalue weighted by atomic mass is 79.9. The SMILES string of the molecule is CNc1ncc(F)c(NCc2cccc(Br)c2)n1. The molecule has 2 aromatic rings. The summed E-state index contributed by atoms with van der Waals surface area (Å²) in [5.74, 6) is 0.103. The summed E-state index contributed by atoms with van der Waals surface area (Å²) in [5.41, 5.74) is 1.04. The molecule has 0 atom stereocenters. The standard InChI is InChI=1S/C12H12BrFN4/c1-15-12-17-7-10(14)11(18-12)16-6-8-3-2-4-9(13)5-8/h2-5,7H,6H2,1H3,(H2,15,16,17,18). The van der Waals surface area contributed by atoms with Gasteiger partial charge in [-0.3, -0.25) is 0 Å². The Morgan fingerprint density at radius 3 is 2.94 bits per heavy atom. The van der Waals surface area contributed by atoms with Crippen LogP contribution < -0.4 is 10.6 Å². The average Bonchev–Trinajstić information content (AvgIpc) is 2.38. The summed E-state index contributed by atoms with van der Waals surface area (Å²) in [7, 11) is 1.69. The molecule has 0 aliphatic carbocycles. The van der Waals surface area contributed by atoms with Crippen LogP contribution in [0.25, 0.3) is 0 Å². The van der Waals surface area contributed by atoms with Crippen LogP contribution in [0.15, 0.2) is 34.9 Å². The molecule has 1 aromatic carbocycles. The number of hydrogen-bond acceptors (Lipinski definition) is 4. The normalized spacial score (nSPS) is 10.2. The molecule has 94 valence electrons. The molecule has 0 unspecified atom stereocenters. The molecular weight excluding hydrogens is 299 g/mol. The van der Waals surface area contributed by atoms with E-state index in [9.17, 15) is 4.39 Å². The molecule has 2 rings (SSSR count). The first kappa shape index (κ1) is 12.8. The molecule has 0 saturated heterocycles. The number of rotatable bonds is 4. The van der Waals surface area contributed by atoms with Gasteiger partial charge in [0, 0.05) is 18.1 Å². The largest absolute Gasteiger partial charge is 0.363 e. The van der Waals surface area contributed by atoms with Gasteiger partial charge >= 0.3 is 0 Å². The number of anilines is 2. The smallest absolute Gasteiger partial charge is 0.224 e. The highest BCUT2D eigenvalue weighted by Crippen LogP contribution is 2.15. The lowest BCUT2D eigenvalue weighted by atomic mass is 10.2. The van der Waals surface area contributed by atoms with Crippen molar-refractivity contribution in [2.24, 2.45) is 0 Å². The molecule has 0 bridgehead atoms. The van der Waals surface area contributed by atoms with Gasteiger partial charge in [0.05, 0.1) is 6.20 Å². The third kappa shape index (κ3) is 3.16. The Hall–Kier alpha value is -1.69. The molecular formula is C12H12BrFN4. The Bertz CT molecular complexity index is 547. The summed E-state index contributed by atoms with van der Waals surface area (Å²) in [6.45, 7) is 0.497. The molecule has 4 nitrogen and oxygen atoms in total. The molecule has 1 aromatic heterocycles. The van der Waals surface area contributed by atoms with E-state index in [1.165, 1.54) is 0 Å². The van der Waals surface area contributed by atoms with Crippen LogP contribution in [0.3, 0.4) is 0 Å². The molecule has 0 saturated carbocycles. The Balaban J connectivity index is 2.10. The lowest BCUT2D eigenvalue weighted by Crippen LogP contribution is -2.06. The summed E-state index contributed by atoms with van der Waals surface area (Å²) < 4.78 is 14.5. The fourth-order valence-electron chi connectivity index (χ4n) is 1.44. The zero-order valence-corrected chi connectivity index (χ0v) is 11.3. The third-order valence-electron chi connectivity index (χ3n) is 2.32. The molecule has 0 fully saturated rings. The minimum absolute atomic E-state index is 0.189. The average molecular weight is 311 g/mol. The van der Waals surface area contributed by atoms with Crippen molar-refractivity contribution >= 4 is 27.7 Å². The summed E-state index contributed by atoms with van der Waals surface area (Å²) in [6, 6.07) is 7.78. The van der Waals surface area contributed by atoms with Gasteiger partial charge in [-0.15, -0.1) is 0 Å². The molecule has 6 heteroatoms. The maximum atomic E-state index is 13.5. The van der Waals surface area contributed by atoms with Gasteiger partial charge in [-0.1, -0.05) is 28.1 Å². The van der Waals surface area contributed by atoms with E-state index in [-0.39, 0.29) is 5.82 Å². The van der Waals surface area contributed by atoms with Crippen molar-refractivity contribution in [3.05, 3.63) is 46.3 Å². The van der Waals surface area contributed by atoms with Gasteiger partial charge in [0.2, 0.25) is 5.95 Å². The van der Waals surface area contributed by atoms with Crippen LogP contribution in [0, 0.1) is 5.82 Å². The second-order valence-electron chi connectivity index (χ2n) is 3.62. The van der Waals surface area contributed by atoms with E-state index in [0.29, 0.717) is 12.5 Å². The van der Waals surface area contributed by atoms with E-state index in [4.69, 9.17) is 0 Å². The molecule has 2 N–H and O–H groups in total. The number of benzene rings is 1. The Labute approximate surface area is 113 Å². The summed E-state index contributed by atoms with van der Waals surface area (Å²) >= 11 is 3.39. The van der Waals surface area contributed by atoms with E-state index in [1.54, 1.807) is 7.05 Å². The minimum Gasteiger partial charge on any atom is -0.363 e. The highest BCUT2D eigenvalue weighted by Gasteiger charge is 2.05. The van der Waals surface area contributed by atoms with Gasteiger partial charge in [0.25, 0.3) is 0 Å². The number of aromatic nitrogens is 2. The molecule has 1 heterocycles. The van der Waals surface area contributed by atoms with Gasteiger partial charge in [-0.25, -0.2) is 9.37 Å². The molecule has 0 aliphatic heterocycles. The van der Waals surface area contributed by atoms with Gasteiger partial charge in [0.1, 0.15) is 0 Å². The van der Waals surface area contributed by atoms with Gasteiger partial charge < -0.3 is 10.6 Å². The van der Waals surface area contributed by atoms with Crippen molar-refractivity contribution in [2.45, 2.75) is 6.54 Å². The third-order valence-corrected chi connectivity index (χ3v) is 2.81. The van der Waals surface area contributed by atoms with E-state index in [2.05, 4.69) is 36.5 Å². The van der Waals surface area contributed by atoms with Crippen LogP contribution in [0.1, 0.15) is 5.56 Å². The number of hydrogen-bond donors (Lipinski definition) is 2. The van der Waals surface area contributed by atoms with Gasteiger partial charge in [-0.05, 0) is 17.7 Å². The van der Waals surface area contributed by atoms with Crippen LogP contribution in [-0.2, 0) is 6.54 Å². The molecule has 0 amide bonds. The summed E-state index contributed by atoms with van der Waals surface area (Å²) in [5, 5.41) is 5.71. The first-order valence-corrected chi connectivity index (χ1v) is 6.17. The van der Waals surface area contributed by atoms with Crippen LogP contribution in [0.2, 0.25) is 0 Å². The minimum atomic E-state index is -0.469. The second kappa shape index (κ2) is 5.77. The summed E-state index contributed by atoms with van der Waals surface area (Å²) in [6.07, 6.45) is 1.14. The number of halogens is 2. The first-order chi connectivity index (χ1) is 8.69. The Morgan fingerprint density at radius 2 is 2.22 bits per heavy atom. The first-order valence-electron chi connectivity index (χ1n) is 5.37. The summed E-state index contributed by atoms with van der Waals surface area (Å²) in [4.78, 5) is 7.79. The van der Waals surface area contributed by atoms with Crippen molar-refractivity contribution in [1.82, 2.24) is 9.97 Å². The maximum absolute atomic E-state index is 13.5. The lowest BCUT2D eigenvalue weighted by Gasteiger charge is -2.08. The van der Waals surface area contributed by atoms with E-state index in [1.807, 2.05) is 24.3 Å². The van der Waals surface area contributed by atoms with Crippen molar-refractivity contribution in [3.63, 3.8) is 0 Å². The second-order valence-corrected chi connectivity index (χ2v) is 4.54. The predicted molar refractivity (Wildman–Crippen MR) is 73.0 cm³/mol. The predicted octanol–water partition coefficient (Wildman–Crippen LogP) is 3.03.